The molecule has 0 radical (unpaired) electrons. The molecule has 1 aliphatic carbocycles. The fourth-order valence-electron chi connectivity index (χ4n) is 4.88. The number of nitrogens with one attached hydrogen (secondary N) is 1. The molecule has 1 saturated heterocycles. The number of hydrogen-bond acceptors (Lipinski definition) is 9. The largest absolute Gasteiger partial charge is 0.473 e. The summed E-state index contributed by atoms with van der Waals surface area (Å²) < 4.78 is 24.5. The number of rotatable bonds is 11. The van der Waals surface area contributed by atoms with Crippen molar-refractivity contribution in [1.82, 2.24) is 24.6 Å². The van der Waals surface area contributed by atoms with Gasteiger partial charge in [-0.15, -0.1) is 5.10 Å². The minimum Gasteiger partial charge on any atom is -0.473 e. The van der Waals surface area contributed by atoms with Crippen molar-refractivity contribution in [2.24, 2.45) is 0 Å². The molecule has 0 bridgehead atoms. The summed E-state index contributed by atoms with van der Waals surface area (Å²) in [5.74, 6) is 1.06. The highest BCUT2D eigenvalue weighted by Gasteiger charge is 2.32. The molecule has 1 aliphatic heterocycles. The summed E-state index contributed by atoms with van der Waals surface area (Å²) in [4.78, 5) is 11.2. The third-order valence-corrected chi connectivity index (χ3v) is 6.41. The van der Waals surface area contributed by atoms with E-state index in [4.69, 9.17) is 24.0 Å². The molecule has 2 atom stereocenters. The fraction of sp³-hybridized carbons (Fsp3) is 0.708. The highest BCUT2D eigenvalue weighted by atomic mass is 16.5. The van der Waals surface area contributed by atoms with Crippen molar-refractivity contribution in [3.63, 3.8) is 0 Å². The van der Waals surface area contributed by atoms with Crippen LogP contribution in [0.5, 0.6) is 5.88 Å². The first kappa shape index (κ1) is 24.8. The van der Waals surface area contributed by atoms with E-state index in [9.17, 15) is 0 Å². The van der Waals surface area contributed by atoms with E-state index in [2.05, 4.69) is 34.0 Å². The van der Waals surface area contributed by atoms with E-state index in [1.54, 1.807) is 25.6 Å². The second-order valence-corrected chi connectivity index (χ2v) is 9.15. The van der Waals surface area contributed by atoms with Gasteiger partial charge in [0.25, 0.3) is 5.88 Å². The molecule has 10 heteroatoms. The van der Waals surface area contributed by atoms with E-state index < -0.39 is 0 Å². The van der Waals surface area contributed by atoms with Crippen molar-refractivity contribution in [2.45, 2.75) is 63.8 Å². The van der Waals surface area contributed by atoms with E-state index in [1.807, 2.05) is 10.9 Å². The average Bonchev–Trinajstić information content (AvgIpc) is 3.24. The summed E-state index contributed by atoms with van der Waals surface area (Å²) in [6.45, 7) is 8.39. The SMILES string of the molecule is COCCOCCOc1nn(C2CCC(N3C[C@@H](C)O[C@@H](C)C3)CC2)cc1Nc1ncccn1. The molecule has 1 saturated carbocycles. The zero-order valence-electron chi connectivity index (χ0n) is 20.6. The zero-order chi connectivity index (χ0) is 23.8. The van der Waals surface area contributed by atoms with Crippen LogP contribution in [0.4, 0.5) is 11.6 Å². The Kier molecular flexibility index (Phi) is 9.09. The van der Waals surface area contributed by atoms with E-state index in [-0.39, 0.29) is 0 Å². The maximum atomic E-state index is 5.96. The molecule has 0 amide bonds. The maximum Gasteiger partial charge on any atom is 0.257 e. The lowest BCUT2D eigenvalue weighted by molar-refractivity contribution is -0.0852. The van der Waals surface area contributed by atoms with Crippen LogP contribution < -0.4 is 10.1 Å². The fourth-order valence-corrected chi connectivity index (χ4v) is 4.88. The number of ether oxygens (including phenoxy) is 4. The van der Waals surface area contributed by atoms with E-state index in [0.717, 1.165) is 44.5 Å². The van der Waals surface area contributed by atoms with Gasteiger partial charge in [0.1, 0.15) is 12.3 Å². The van der Waals surface area contributed by atoms with Crippen molar-refractivity contribution >= 4 is 11.6 Å². The predicted octanol–water partition coefficient (Wildman–Crippen LogP) is 3.05. The van der Waals surface area contributed by atoms with Crippen molar-refractivity contribution in [2.75, 3.05) is 51.9 Å². The van der Waals surface area contributed by atoms with Crippen LogP contribution in [-0.4, -0.2) is 89.5 Å². The summed E-state index contributed by atoms with van der Waals surface area (Å²) in [5.41, 5.74) is 0.765. The summed E-state index contributed by atoms with van der Waals surface area (Å²) in [5, 5.41) is 8.04. The molecule has 2 fully saturated rings. The van der Waals surface area contributed by atoms with Crippen LogP contribution >= 0.6 is 0 Å². The van der Waals surface area contributed by atoms with E-state index >= 15 is 0 Å². The Balaban J connectivity index is 1.37. The lowest BCUT2D eigenvalue weighted by Crippen LogP contribution is -2.51. The van der Waals surface area contributed by atoms with Crippen LogP contribution in [-0.2, 0) is 14.2 Å². The third-order valence-electron chi connectivity index (χ3n) is 6.41. The van der Waals surface area contributed by atoms with Crippen molar-refractivity contribution in [3.8, 4) is 5.88 Å². The van der Waals surface area contributed by atoms with Crippen LogP contribution in [0.2, 0.25) is 0 Å². The highest BCUT2D eigenvalue weighted by Crippen LogP contribution is 2.35. The van der Waals surface area contributed by atoms with Gasteiger partial charge in [0.15, 0.2) is 0 Å². The minimum absolute atomic E-state index is 0.305. The zero-order valence-corrected chi connectivity index (χ0v) is 20.6. The monoisotopic (exact) mass is 474 g/mol. The van der Waals surface area contributed by atoms with Crippen molar-refractivity contribution in [1.29, 1.82) is 0 Å². The molecule has 0 aromatic carbocycles. The van der Waals surface area contributed by atoms with Crippen LogP contribution in [0.1, 0.15) is 45.6 Å². The van der Waals surface area contributed by atoms with Gasteiger partial charge in [-0.3, -0.25) is 9.58 Å². The average molecular weight is 475 g/mol. The normalized spacial score (nSPS) is 25.9. The van der Waals surface area contributed by atoms with Gasteiger partial charge in [0.05, 0.1) is 44.3 Å². The number of morpholine rings is 1. The second kappa shape index (κ2) is 12.4. The molecule has 34 heavy (non-hydrogen) atoms. The number of methoxy groups -OCH3 is 1. The van der Waals surface area contributed by atoms with Crippen molar-refractivity contribution < 1.29 is 18.9 Å². The summed E-state index contributed by atoms with van der Waals surface area (Å²) >= 11 is 0. The van der Waals surface area contributed by atoms with Crippen LogP contribution in [0, 0.1) is 0 Å². The molecule has 188 valence electrons. The van der Waals surface area contributed by atoms with Gasteiger partial charge >= 0.3 is 0 Å². The quantitative estimate of drug-likeness (QED) is 0.493. The molecule has 2 aromatic heterocycles. The van der Waals surface area contributed by atoms with E-state index in [0.29, 0.717) is 62.5 Å². The molecular weight excluding hydrogens is 436 g/mol. The van der Waals surface area contributed by atoms with E-state index in [1.165, 1.54) is 0 Å². The number of hydrogen-bond donors (Lipinski definition) is 1. The number of anilines is 2. The summed E-state index contributed by atoms with van der Waals surface area (Å²) in [6, 6.07) is 2.76. The van der Waals surface area contributed by atoms with Gasteiger partial charge in [-0.2, -0.15) is 0 Å². The summed E-state index contributed by atoms with van der Waals surface area (Å²) in [6.07, 6.45) is 10.6. The third kappa shape index (κ3) is 6.88. The maximum absolute atomic E-state index is 5.96. The van der Waals surface area contributed by atoms with Gasteiger partial charge in [0.2, 0.25) is 5.95 Å². The van der Waals surface area contributed by atoms with Crippen LogP contribution in [0.25, 0.3) is 0 Å². The Labute approximate surface area is 201 Å². The summed E-state index contributed by atoms with van der Waals surface area (Å²) in [7, 11) is 1.66. The standard InChI is InChI=1S/C24H38N6O4/c1-18-15-29(16-19(2)34-18)20-5-7-21(8-6-20)30-17-22(27-24-25-9-4-10-26-24)23(28-30)33-14-13-32-12-11-31-3/h4,9-10,17-21H,5-8,11-16H2,1-3H3,(H,25,26,27)/t18-,19+,20?,21?. The lowest BCUT2D eigenvalue weighted by Gasteiger charge is -2.42. The minimum atomic E-state index is 0.305. The number of nitrogens with zero attached hydrogens (tertiary/aromatic N) is 5. The Morgan fingerprint density at radius 1 is 0.971 bits per heavy atom. The first-order valence-electron chi connectivity index (χ1n) is 12.3. The molecular formula is C24H38N6O4. The Morgan fingerprint density at radius 3 is 2.35 bits per heavy atom. The number of aromatic nitrogens is 4. The van der Waals surface area contributed by atoms with Gasteiger partial charge in [-0.25, -0.2) is 9.97 Å². The molecule has 2 aliphatic rings. The van der Waals surface area contributed by atoms with Gasteiger partial charge in [-0.1, -0.05) is 0 Å². The second-order valence-electron chi connectivity index (χ2n) is 9.15. The smallest absolute Gasteiger partial charge is 0.257 e. The molecule has 0 spiro atoms. The molecule has 0 unspecified atom stereocenters. The van der Waals surface area contributed by atoms with Gasteiger partial charge in [-0.05, 0) is 45.6 Å². The first-order valence-corrected chi connectivity index (χ1v) is 12.3. The molecule has 2 aromatic rings. The van der Waals surface area contributed by atoms with Gasteiger partial charge in [0, 0.05) is 38.6 Å². The predicted molar refractivity (Wildman–Crippen MR) is 129 cm³/mol. The molecule has 3 heterocycles. The Hall–Kier alpha value is -2.27. The lowest BCUT2D eigenvalue weighted by atomic mass is 9.89. The molecule has 10 nitrogen and oxygen atoms in total. The van der Waals surface area contributed by atoms with Crippen LogP contribution in [0.3, 0.4) is 0 Å². The van der Waals surface area contributed by atoms with Gasteiger partial charge < -0.3 is 24.3 Å². The highest BCUT2D eigenvalue weighted by molar-refractivity contribution is 5.58. The first-order chi connectivity index (χ1) is 16.6. The Bertz CT molecular complexity index is 848. The molecule has 4 rings (SSSR count). The topological polar surface area (TPSA) is 95.8 Å². The van der Waals surface area contributed by atoms with Crippen molar-refractivity contribution in [3.05, 3.63) is 24.7 Å². The molecule has 1 N–H and O–H groups in total. The Morgan fingerprint density at radius 2 is 1.65 bits per heavy atom. The van der Waals surface area contributed by atoms with Crippen LogP contribution in [0.15, 0.2) is 24.7 Å².